The van der Waals surface area contributed by atoms with Crippen molar-refractivity contribution in [1.29, 1.82) is 5.26 Å². The van der Waals surface area contributed by atoms with Gasteiger partial charge in [-0.1, -0.05) is 12.1 Å². The van der Waals surface area contributed by atoms with E-state index >= 15 is 0 Å². The van der Waals surface area contributed by atoms with Crippen LogP contribution in [0.4, 0.5) is 11.6 Å². The minimum absolute atomic E-state index is 0.371. The normalized spacial score (nSPS) is 13.1. The van der Waals surface area contributed by atoms with E-state index in [0.717, 1.165) is 59.8 Å². The van der Waals surface area contributed by atoms with Crippen molar-refractivity contribution in [2.45, 2.75) is 12.8 Å². The number of nitrogens with two attached hydrogens (primary N) is 1. The summed E-state index contributed by atoms with van der Waals surface area (Å²) in [5.74, 6) is 2.51. The van der Waals surface area contributed by atoms with Crippen LogP contribution >= 0.6 is 0 Å². The number of aromatic nitrogens is 2. The quantitative estimate of drug-likeness (QED) is 0.454. The highest BCUT2D eigenvalue weighted by Gasteiger charge is 2.24. The molecular formula is C27H25N5O2. The van der Waals surface area contributed by atoms with Gasteiger partial charge in [0.1, 0.15) is 28.9 Å². The van der Waals surface area contributed by atoms with E-state index in [4.69, 9.17) is 25.2 Å². The molecule has 3 heterocycles. The first kappa shape index (κ1) is 21.5. The van der Waals surface area contributed by atoms with E-state index in [-0.39, 0.29) is 0 Å². The van der Waals surface area contributed by atoms with E-state index in [1.807, 2.05) is 54.6 Å². The Morgan fingerprint density at radius 1 is 0.882 bits per heavy atom. The zero-order valence-electron chi connectivity index (χ0n) is 19.2. The highest BCUT2D eigenvalue weighted by Crippen LogP contribution is 2.39. The lowest BCUT2D eigenvalue weighted by atomic mass is 9.97. The van der Waals surface area contributed by atoms with Crippen LogP contribution in [-0.2, 0) is 0 Å². The van der Waals surface area contributed by atoms with Gasteiger partial charge in [0.05, 0.1) is 30.8 Å². The minimum Gasteiger partial charge on any atom is -0.497 e. The molecule has 7 heteroatoms. The van der Waals surface area contributed by atoms with E-state index in [1.54, 1.807) is 14.2 Å². The first-order valence-electron chi connectivity index (χ1n) is 11.2. The molecule has 0 atom stereocenters. The molecule has 1 aliphatic rings. The molecule has 2 aromatic heterocycles. The van der Waals surface area contributed by atoms with Crippen LogP contribution in [0.3, 0.4) is 0 Å². The number of nitrogens with zero attached hydrogens (tertiary/aromatic N) is 4. The zero-order chi connectivity index (χ0) is 23.7. The van der Waals surface area contributed by atoms with Crippen molar-refractivity contribution in [1.82, 2.24) is 9.97 Å². The Morgan fingerprint density at radius 3 is 2.03 bits per heavy atom. The fourth-order valence-corrected chi connectivity index (χ4v) is 4.49. The molecule has 0 saturated carbocycles. The van der Waals surface area contributed by atoms with Crippen LogP contribution in [0, 0.1) is 11.3 Å². The zero-order valence-corrected chi connectivity index (χ0v) is 19.2. The van der Waals surface area contributed by atoms with Crippen LogP contribution in [0.25, 0.3) is 33.3 Å². The highest BCUT2D eigenvalue weighted by molar-refractivity contribution is 6.06. The molecular weight excluding hydrogens is 426 g/mol. The number of ether oxygens (including phenoxy) is 2. The molecule has 170 valence electrons. The molecule has 0 spiro atoms. The Hall–Kier alpha value is -4.31. The molecule has 2 N–H and O–H groups in total. The Kier molecular flexibility index (Phi) is 5.64. The first-order chi connectivity index (χ1) is 16.6. The topological polar surface area (TPSA) is 97.3 Å². The van der Waals surface area contributed by atoms with Gasteiger partial charge in [0, 0.05) is 18.7 Å². The summed E-state index contributed by atoms with van der Waals surface area (Å²) in [6.07, 6.45) is 2.14. The largest absolute Gasteiger partial charge is 0.497 e. The maximum absolute atomic E-state index is 10.2. The lowest BCUT2D eigenvalue weighted by Crippen LogP contribution is -2.21. The number of hydrogen-bond donors (Lipinski definition) is 1. The number of rotatable bonds is 5. The minimum atomic E-state index is 0.371. The van der Waals surface area contributed by atoms with E-state index in [1.165, 1.54) is 0 Å². The summed E-state index contributed by atoms with van der Waals surface area (Å²) in [4.78, 5) is 11.8. The third kappa shape index (κ3) is 3.73. The summed E-state index contributed by atoms with van der Waals surface area (Å²) in [7, 11) is 3.28. The third-order valence-corrected chi connectivity index (χ3v) is 6.27. The Labute approximate surface area is 198 Å². The summed E-state index contributed by atoms with van der Waals surface area (Å²) >= 11 is 0. The third-order valence-electron chi connectivity index (χ3n) is 6.27. The van der Waals surface area contributed by atoms with Crippen LogP contribution in [0.5, 0.6) is 11.5 Å². The fraction of sp³-hybridized carbons (Fsp3) is 0.222. The van der Waals surface area contributed by atoms with Crippen molar-refractivity contribution in [2.75, 3.05) is 37.9 Å². The second-order valence-electron chi connectivity index (χ2n) is 8.24. The van der Waals surface area contributed by atoms with Crippen molar-refractivity contribution in [2.24, 2.45) is 0 Å². The summed E-state index contributed by atoms with van der Waals surface area (Å²) < 4.78 is 10.6. The molecule has 2 aromatic carbocycles. The average Bonchev–Trinajstić information content (AvgIpc) is 3.43. The molecule has 0 amide bonds. The predicted molar refractivity (Wildman–Crippen MR) is 134 cm³/mol. The van der Waals surface area contributed by atoms with E-state index < -0.39 is 0 Å². The highest BCUT2D eigenvalue weighted by atomic mass is 16.5. The molecule has 1 aliphatic heterocycles. The predicted octanol–water partition coefficient (Wildman–Crippen LogP) is 5.04. The Balaban J connectivity index is 1.81. The molecule has 0 bridgehead atoms. The number of methoxy groups -OCH3 is 2. The van der Waals surface area contributed by atoms with Gasteiger partial charge in [-0.2, -0.15) is 5.26 Å². The van der Waals surface area contributed by atoms with E-state index in [2.05, 4.69) is 11.0 Å². The van der Waals surface area contributed by atoms with Crippen LogP contribution in [0.15, 0.2) is 54.6 Å². The van der Waals surface area contributed by atoms with Gasteiger partial charge in [-0.15, -0.1) is 0 Å². The number of nitrogen functional groups attached to an aromatic ring is 1. The molecule has 0 aliphatic carbocycles. The van der Waals surface area contributed by atoms with Crippen LogP contribution in [-0.4, -0.2) is 37.3 Å². The number of anilines is 2. The van der Waals surface area contributed by atoms with Crippen molar-refractivity contribution >= 4 is 22.5 Å². The maximum atomic E-state index is 10.2. The number of pyridine rings is 2. The summed E-state index contributed by atoms with van der Waals surface area (Å²) in [5, 5.41) is 10.9. The van der Waals surface area contributed by atoms with Crippen molar-refractivity contribution in [3.05, 3.63) is 60.2 Å². The Bertz CT molecular complexity index is 1390. The van der Waals surface area contributed by atoms with Gasteiger partial charge >= 0.3 is 0 Å². The molecule has 5 rings (SSSR count). The molecule has 7 nitrogen and oxygen atoms in total. The van der Waals surface area contributed by atoms with Gasteiger partial charge in [0.2, 0.25) is 0 Å². The molecule has 1 saturated heterocycles. The van der Waals surface area contributed by atoms with Gasteiger partial charge in [0.15, 0.2) is 5.82 Å². The van der Waals surface area contributed by atoms with Gasteiger partial charge in [-0.3, -0.25) is 0 Å². The lowest BCUT2D eigenvalue weighted by molar-refractivity contribution is 0.415. The monoisotopic (exact) mass is 451 g/mol. The Morgan fingerprint density at radius 2 is 1.47 bits per heavy atom. The number of hydrogen-bond acceptors (Lipinski definition) is 7. The van der Waals surface area contributed by atoms with Gasteiger partial charge < -0.3 is 20.1 Å². The summed E-state index contributed by atoms with van der Waals surface area (Å²) in [6.45, 7) is 1.71. The van der Waals surface area contributed by atoms with E-state index in [0.29, 0.717) is 28.1 Å². The average molecular weight is 452 g/mol. The van der Waals surface area contributed by atoms with E-state index in [9.17, 15) is 5.26 Å². The van der Waals surface area contributed by atoms with Crippen molar-refractivity contribution < 1.29 is 9.47 Å². The van der Waals surface area contributed by atoms with Gasteiger partial charge in [-0.05, 0) is 66.4 Å². The number of nitriles is 1. The molecule has 4 aromatic rings. The smallest absolute Gasteiger partial charge is 0.151 e. The van der Waals surface area contributed by atoms with Gasteiger partial charge in [0.25, 0.3) is 0 Å². The number of benzene rings is 2. The number of fused-ring (bicyclic) bond motifs is 1. The van der Waals surface area contributed by atoms with Gasteiger partial charge in [-0.25, -0.2) is 9.97 Å². The lowest BCUT2D eigenvalue weighted by Gasteiger charge is -2.21. The fourth-order valence-electron chi connectivity index (χ4n) is 4.49. The SMILES string of the molecule is COc1ccc(-c2cc(-c3ccc(OC)cc3)c3c(N)nc(N4CCCC4)c(C#N)c3n2)cc1. The second kappa shape index (κ2) is 8.91. The maximum Gasteiger partial charge on any atom is 0.151 e. The van der Waals surface area contributed by atoms with Crippen LogP contribution in [0.2, 0.25) is 0 Å². The van der Waals surface area contributed by atoms with Crippen molar-refractivity contribution in [3.63, 3.8) is 0 Å². The van der Waals surface area contributed by atoms with Crippen LogP contribution in [0.1, 0.15) is 18.4 Å². The standard InChI is InChI=1S/C27H25N5O2/c1-33-19-9-5-17(6-10-19)21-15-23(18-7-11-20(34-2)12-8-18)30-25-22(16-28)27(31-26(29)24(21)25)32-13-3-4-14-32/h5-12,15H,3-4,13-14H2,1-2H3,(H2,29,31). The first-order valence-corrected chi connectivity index (χ1v) is 11.2. The molecule has 1 fully saturated rings. The van der Waals surface area contributed by atoms with Crippen molar-refractivity contribution in [3.8, 4) is 40.0 Å². The summed E-state index contributed by atoms with van der Waals surface area (Å²) in [5.41, 5.74) is 11.0. The molecule has 0 unspecified atom stereocenters. The second-order valence-corrected chi connectivity index (χ2v) is 8.24. The van der Waals surface area contributed by atoms with Crippen LogP contribution < -0.4 is 20.1 Å². The summed E-state index contributed by atoms with van der Waals surface area (Å²) in [6, 6.07) is 19.9. The molecule has 34 heavy (non-hydrogen) atoms. The molecule has 0 radical (unpaired) electrons.